The van der Waals surface area contributed by atoms with Gasteiger partial charge < -0.3 is 10.5 Å². The second-order valence-corrected chi connectivity index (χ2v) is 4.72. The lowest BCUT2D eigenvalue weighted by Crippen LogP contribution is -1.99. The zero-order chi connectivity index (χ0) is 13.9. The minimum Gasteiger partial charge on any atom is -0.487 e. The number of fused-ring (bicyclic) bond motifs is 1. The lowest BCUT2D eigenvalue weighted by Gasteiger charge is -2.05. The molecule has 1 heterocycles. The van der Waals surface area contributed by atoms with Crippen molar-refractivity contribution < 1.29 is 4.74 Å². The molecule has 0 unspecified atom stereocenters. The Morgan fingerprint density at radius 3 is 2.60 bits per heavy atom. The third kappa shape index (κ3) is 2.38. The van der Waals surface area contributed by atoms with Gasteiger partial charge in [0.05, 0.1) is 5.52 Å². The zero-order valence-corrected chi connectivity index (χ0v) is 11.4. The highest BCUT2D eigenvalue weighted by Gasteiger charge is 2.08. The molecule has 2 aromatic carbocycles. The quantitative estimate of drug-likeness (QED) is 0.790. The molecular formula is C16H17N3O. The van der Waals surface area contributed by atoms with E-state index in [0.717, 1.165) is 27.9 Å². The van der Waals surface area contributed by atoms with E-state index < -0.39 is 0 Å². The van der Waals surface area contributed by atoms with E-state index in [4.69, 9.17) is 10.5 Å². The Labute approximate surface area is 117 Å². The fraction of sp³-hybridized carbons (Fsp3) is 0.188. The molecule has 1 aromatic heterocycles. The van der Waals surface area contributed by atoms with E-state index >= 15 is 0 Å². The summed E-state index contributed by atoms with van der Waals surface area (Å²) in [6.07, 6.45) is 0. The van der Waals surface area contributed by atoms with Crippen LogP contribution in [-0.4, -0.2) is 9.78 Å². The minimum atomic E-state index is 0.462. The first-order valence-electron chi connectivity index (χ1n) is 6.60. The number of nitrogens with two attached hydrogens (primary N) is 1. The molecule has 0 bridgehead atoms. The topological polar surface area (TPSA) is 53.1 Å². The molecule has 4 heteroatoms. The molecule has 102 valence electrons. The Kier molecular flexibility index (Phi) is 3.39. The Balaban J connectivity index is 1.79. The maximum Gasteiger partial charge on any atom is 0.133 e. The molecule has 3 aromatic rings. The van der Waals surface area contributed by atoms with Gasteiger partial charge in [-0.25, -0.2) is 0 Å². The van der Waals surface area contributed by atoms with E-state index in [1.54, 1.807) is 0 Å². The van der Waals surface area contributed by atoms with Gasteiger partial charge in [-0.1, -0.05) is 30.3 Å². The molecule has 3 rings (SSSR count). The van der Waals surface area contributed by atoms with Crippen molar-refractivity contribution in [2.75, 3.05) is 0 Å². The predicted octanol–water partition coefficient (Wildman–Crippen LogP) is 2.61. The van der Waals surface area contributed by atoms with Gasteiger partial charge in [0, 0.05) is 19.0 Å². The van der Waals surface area contributed by atoms with Crippen LogP contribution in [0.2, 0.25) is 0 Å². The van der Waals surface area contributed by atoms with Crippen LogP contribution in [0.25, 0.3) is 10.9 Å². The van der Waals surface area contributed by atoms with E-state index in [0.29, 0.717) is 13.2 Å². The van der Waals surface area contributed by atoms with Gasteiger partial charge in [0.2, 0.25) is 0 Å². The number of benzene rings is 2. The van der Waals surface area contributed by atoms with Crippen molar-refractivity contribution in [2.24, 2.45) is 12.8 Å². The standard InChI is InChI=1S/C16H17N3O/c1-19-16-5-3-2-4-14(16)15(18-19)11-20-13-8-6-12(10-17)7-9-13/h2-9H,10-11,17H2,1H3. The van der Waals surface area contributed by atoms with E-state index in [9.17, 15) is 0 Å². The molecule has 0 radical (unpaired) electrons. The fourth-order valence-corrected chi connectivity index (χ4v) is 2.27. The summed E-state index contributed by atoms with van der Waals surface area (Å²) < 4.78 is 7.68. The molecule has 0 atom stereocenters. The van der Waals surface area contributed by atoms with E-state index in [-0.39, 0.29) is 0 Å². The molecule has 20 heavy (non-hydrogen) atoms. The molecular weight excluding hydrogens is 250 g/mol. The van der Waals surface area contributed by atoms with Gasteiger partial charge in [0.25, 0.3) is 0 Å². The van der Waals surface area contributed by atoms with Crippen LogP contribution < -0.4 is 10.5 Å². The van der Waals surface area contributed by atoms with E-state index in [1.807, 2.05) is 48.1 Å². The normalized spacial score (nSPS) is 10.9. The summed E-state index contributed by atoms with van der Waals surface area (Å²) in [4.78, 5) is 0. The summed E-state index contributed by atoms with van der Waals surface area (Å²) in [6.45, 7) is 1.01. The molecule has 2 N–H and O–H groups in total. The molecule has 0 fully saturated rings. The third-order valence-electron chi connectivity index (χ3n) is 3.37. The van der Waals surface area contributed by atoms with Gasteiger partial charge in [-0.05, 0) is 23.8 Å². The third-order valence-corrected chi connectivity index (χ3v) is 3.37. The second kappa shape index (κ2) is 5.35. The van der Waals surface area contributed by atoms with E-state index in [2.05, 4.69) is 17.2 Å². The van der Waals surface area contributed by atoms with Crippen LogP contribution in [-0.2, 0) is 20.2 Å². The smallest absolute Gasteiger partial charge is 0.133 e. The molecule has 0 aliphatic carbocycles. The average molecular weight is 267 g/mol. The maximum atomic E-state index is 5.80. The van der Waals surface area contributed by atoms with Crippen molar-refractivity contribution in [2.45, 2.75) is 13.2 Å². The van der Waals surface area contributed by atoms with Crippen LogP contribution >= 0.6 is 0 Å². The first-order chi connectivity index (χ1) is 9.78. The van der Waals surface area contributed by atoms with Crippen LogP contribution in [0.15, 0.2) is 48.5 Å². The number of hydrogen-bond acceptors (Lipinski definition) is 3. The highest BCUT2D eigenvalue weighted by atomic mass is 16.5. The van der Waals surface area contributed by atoms with Crippen molar-refractivity contribution in [1.82, 2.24) is 9.78 Å². The van der Waals surface area contributed by atoms with Crippen LogP contribution in [0.4, 0.5) is 0 Å². The lowest BCUT2D eigenvalue weighted by atomic mass is 10.2. The number of hydrogen-bond donors (Lipinski definition) is 1. The van der Waals surface area contributed by atoms with E-state index in [1.165, 1.54) is 0 Å². The number of para-hydroxylation sites is 1. The SMILES string of the molecule is Cn1nc(COc2ccc(CN)cc2)c2ccccc21. The maximum absolute atomic E-state index is 5.80. The Morgan fingerprint density at radius 2 is 1.85 bits per heavy atom. The first kappa shape index (κ1) is 12.7. The van der Waals surface area contributed by atoms with Crippen molar-refractivity contribution in [1.29, 1.82) is 0 Å². The van der Waals surface area contributed by atoms with Crippen molar-refractivity contribution in [3.63, 3.8) is 0 Å². The van der Waals surface area contributed by atoms with Gasteiger partial charge in [0.1, 0.15) is 18.1 Å². The molecule has 4 nitrogen and oxygen atoms in total. The molecule has 0 amide bonds. The summed E-state index contributed by atoms with van der Waals surface area (Å²) in [6, 6.07) is 16.0. The molecule has 0 saturated carbocycles. The summed E-state index contributed by atoms with van der Waals surface area (Å²) in [5.41, 5.74) is 8.74. The monoisotopic (exact) mass is 267 g/mol. The lowest BCUT2D eigenvalue weighted by molar-refractivity contribution is 0.301. The number of nitrogens with zero attached hydrogens (tertiary/aromatic N) is 2. The fourth-order valence-electron chi connectivity index (χ4n) is 2.27. The summed E-state index contributed by atoms with van der Waals surface area (Å²) in [5.74, 6) is 0.830. The van der Waals surface area contributed by atoms with Crippen LogP contribution in [0.5, 0.6) is 5.75 Å². The Bertz CT molecular complexity index is 716. The first-order valence-corrected chi connectivity index (χ1v) is 6.60. The zero-order valence-electron chi connectivity index (χ0n) is 11.4. The molecule has 0 spiro atoms. The summed E-state index contributed by atoms with van der Waals surface area (Å²) >= 11 is 0. The summed E-state index contributed by atoms with van der Waals surface area (Å²) in [7, 11) is 1.95. The van der Waals surface area contributed by atoms with Crippen LogP contribution in [0, 0.1) is 0 Å². The molecule has 0 saturated heterocycles. The minimum absolute atomic E-state index is 0.462. The largest absolute Gasteiger partial charge is 0.487 e. The highest BCUT2D eigenvalue weighted by molar-refractivity contribution is 5.81. The molecule has 0 aliphatic rings. The van der Waals surface area contributed by atoms with Gasteiger partial charge in [-0.3, -0.25) is 4.68 Å². The number of rotatable bonds is 4. The average Bonchev–Trinajstić information content (AvgIpc) is 2.83. The van der Waals surface area contributed by atoms with Crippen molar-refractivity contribution >= 4 is 10.9 Å². The summed E-state index contributed by atoms with van der Waals surface area (Å²) in [5, 5.41) is 5.64. The number of aromatic nitrogens is 2. The van der Waals surface area contributed by atoms with Gasteiger partial charge in [0.15, 0.2) is 0 Å². The van der Waals surface area contributed by atoms with Crippen LogP contribution in [0.1, 0.15) is 11.3 Å². The number of ether oxygens (including phenoxy) is 1. The van der Waals surface area contributed by atoms with Crippen molar-refractivity contribution in [3.05, 3.63) is 59.8 Å². The molecule has 0 aliphatic heterocycles. The van der Waals surface area contributed by atoms with Gasteiger partial charge in [-0.15, -0.1) is 0 Å². The predicted molar refractivity (Wildman–Crippen MR) is 79.4 cm³/mol. The van der Waals surface area contributed by atoms with Crippen molar-refractivity contribution in [3.8, 4) is 5.75 Å². The Morgan fingerprint density at radius 1 is 1.10 bits per heavy atom. The Hall–Kier alpha value is -2.33. The number of aryl methyl sites for hydroxylation is 1. The highest BCUT2D eigenvalue weighted by Crippen LogP contribution is 2.20. The van der Waals surface area contributed by atoms with Crippen LogP contribution in [0.3, 0.4) is 0 Å². The second-order valence-electron chi connectivity index (χ2n) is 4.72. The van der Waals surface area contributed by atoms with Gasteiger partial charge >= 0.3 is 0 Å². The van der Waals surface area contributed by atoms with Gasteiger partial charge in [-0.2, -0.15) is 5.10 Å².